The van der Waals surface area contributed by atoms with E-state index < -0.39 is 0 Å². The maximum Gasteiger partial charge on any atom is 0.0532 e. The van der Waals surface area contributed by atoms with Crippen LogP contribution in [0.15, 0.2) is 107 Å². The third-order valence-corrected chi connectivity index (χ3v) is 7.43. The fraction of sp³-hybridized carbons (Fsp3) is 0. The molecule has 1 heterocycles. The summed E-state index contributed by atoms with van der Waals surface area (Å²) in [7, 11) is 0. The molecule has 0 unspecified atom stereocenters. The molecule has 1 nitrogen and oxygen atoms in total. The van der Waals surface area contributed by atoms with Crippen molar-refractivity contribution in [2.75, 3.05) is 5.32 Å². The first kappa shape index (κ1) is 16.3. The van der Waals surface area contributed by atoms with Crippen LogP contribution in [0.3, 0.4) is 0 Å². The Morgan fingerprint density at radius 1 is 0.433 bits per heavy atom. The van der Waals surface area contributed by atoms with Crippen molar-refractivity contribution < 1.29 is 0 Å². The largest absolute Gasteiger partial charge is 0.354 e. The molecule has 0 bridgehead atoms. The Hall–Kier alpha value is -3.49. The zero-order valence-corrected chi connectivity index (χ0v) is 17.0. The molecule has 1 aliphatic heterocycles. The molecule has 0 aliphatic carbocycles. The minimum Gasteiger partial charge on any atom is -0.354 e. The Labute approximate surface area is 178 Å². The molecule has 0 radical (unpaired) electrons. The predicted molar refractivity (Wildman–Crippen MR) is 130 cm³/mol. The molecule has 0 saturated carbocycles. The molecular formula is C28H17NS. The number of fused-ring (bicyclic) bond motifs is 8. The molecule has 0 fully saturated rings. The van der Waals surface area contributed by atoms with Gasteiger partial charge >= 0.3 is 0 Å². The quantitative estimate of drug-likeness (QED) is 0.257. The van der Waals surface area contributed by atoms with Crippen LogP contribution in [-0.2, 0) is 0 Å². The summed E-state index contributed by atoms with van der Waals surface area (Å²) in [6.07, 6.45) is 0. The van der Waals surface area contributed by atoms with Crippen molar-refractivity contribution in [3.63, 3.8) is 0 Å². The topological polar surface area (TPSA) is 12.0 Å². The maximum atomic E-state index is 3.70. The zero-order valence-electron chi connectivity index (χ0n) is 16.1. The minimum absolute atomic E-state index is 1.19. The standard InChI is InChI=1S/C28H17NS/c1-3-7-19-15-23-21(13-17(19)5-1)9-11-25-27(23)30-28-24-16-20-8-4-2-6-18(20)14-22(24)10-12-26(28)29-25/h1-16,29H. The first-order valence-electron chi connectivity index (χ1n) is 10.2. The van der Waals surface area contributed by atoms with E-state index in [1.165, 1.54) is 64.3 Å². The fourth-order valence-corrected chi connectivity index (χ4v) is 5.87. The van der Waals surface area contributed by atoms with Crippen molar-refractivity contribution in [2.24, 2.45) is 0 Å². The highest BCUT2D eigenvalue weighted by atomic mass is 32.2. The van der Waals surface area contributed by atoms with E-state index in [0.717, 1.165) is 0 Å². The number of rotatable bonds is 0. The summed E-state index contributed by atoms with van der Waals surface area (Å²) in [6.45, 7) is 0. The van der Waals surface area contributed by atoms with E-state index in [2.05, 4.69) is 102 Å². The lowest BCUT2D eigenvalue weighted by Gasteiger charge is -2.24. The van der Waals surface area contributed by atoms with E-state index in [4.69, 9.17) is 0 Å². The van der Waals surface area contributed by atoms with Gasteiger partial charge in [-0.05, 0) is 79.5 Å². The molecule has 2 heteroatoms. The molecule has 0 saturated heterocycles. The third-order valence-electron chi connectivity index (χ3n) is 6.15. The van der Waals surface area contributed by atoms with E-state index in [1.807, 2.05) is 11.8 Å². The molecular weight excluding hydrogens is 382 g/mol. The zero-order chi connectivity index (χ0) is 19.7. The van der Waals surface area contributed by atoms with Crippen LogP contribution in [0.2, 0.25) is 0 Å². The number of hydrogen-bond acceptors (Lipinski definition) is 2. The molecule has 6 aromatic rings. The number of anilines is 2. The second-order valence-electron chi connectivity index (χ2n) is 7.95. The third kappa shape index (κ3) is 2.31. The van der Waals surface area contributed by atoms with Crippen molar-refractivity contribution in [2.45, 2.75) is 9.79 Å². The van der Waals surface area contributed by atoms with Crippen LogP contribution >= 0.6 is 11.8 Å². The first-order valence-corrected chi connectivity index (χ1v) is 11.0. The van der Waals surface area contributed by atoms with Gasteiger partial charge in [-0.3, -0.25) is 0 Å². The molecule has 0 aromatic heterocycles. The van der Waals surface area contributed by atoms with E-state index in [9.17, 15) is 0 Å². The summed E-state index contributed by atoms with van der Waals surface area (Å²) in [5.41, 5.74) is 2.38. The average molecular weight is 400 g/mol. The number of nitrogens with one attached hydrogen (secondary N) is 1. The van der Waals surface area contributed by atoms with E-state index >= 15 is 0 Å². The van der Waals surface area contributed by atoms with Crippen LogP contribution in [-0.4, -0.2) is 0 Å². The normalized spacial score (nSPS) is 12.8. The first-order chi connectivity index (χ1) is 14.8. The van der Waals surface area contributed by atoms with Gasteiger partial charge < -0.3 is 5.32 Å². The van der Waals surface area contributed by atoms with Crippen LogP contribution in [0.4, 0.5) is 11.4 Å². The van der Waals surface area contributed by atoms with Gasteiger partial charge in [-0.15, -0.1) is 0 Å². The Morgan fingerprint density at radius 2 is 0.867 bits per heavy atom. The average Bonchev–Trinajstić information content (AvgIpc) is 2.80. The molecule has 0 atom stereocenters. The van der Waals surface area contributed by atoms with Crippen LogP contribution in [0.25, 0.3) is 43.1 Å². The van der Waals surface area contributed by atoms with E-state index in [0.29, 0.717) is 0 Å². The lowest BCUT2D eigenvalue weighted by Crippen LogP contribution is -2.01. The minimum atomic E-state index is 1.19. The van der Waals surface area contributed by atoms with Crippen LogP contribution in [0.1, 0.15) is 0 Å². The molecule has 0 spiro atoms. The summed E-state index contributed by atoms with van der Waals surface area (Å²) in [5.74, 6) is 0. The Balaban J connectivity index is 1.50. The van der Waals surface area contributed by atoms with Crippen molar-refractivity contribution in [1.82, 2.24) is 0 Å². The van der Waals surface area contributed by atoms with E-state index in [-0.39, 0.29) is 0 Å². The summed E-state index contributed by atoms with van der Waals surface area (Å²) in [5, 5.41) is 14.0. The summed E-state index contributed by atoms with van der Waals surface area (Å²) >= 11 is 1.90. The van der Waals surface area contributed by atoms with Crippen LogP contribution in [0, 0.1) is 0 Å². The number of hydrogen-bond donors (Lipinski definition) is 1. The van der Waals surface area contributed by atoms with Crippen LogP contribution < -0.4 is 5.32 Å². The lowest BCUT2D eigenvalue weighted by atomic mass is 10.0. The molecule has 6 aromatic carbocycles. The molecule has 1 N–H and O–H groups in total. The highest BCUT2D eigenvalue weighted by molar-refractivity contribution is 8.00. The van der Waals surface area contributed by atoms with Crippen molar-refractivity contribution in [3.8, 4) is 0 Å². The van der Waals surface area contributed by atoms with Gasteiger partial charge in [-0.2, -0.15) is 0 Å². The van der Waals surface area contributed by atoms with Gasteiger partial charge in [0.1, 0.15) is 0 Å². The molecule has 0 amide bonds. The molecule has 30 heavy (non-hydrogen) atoms. The van der Waals surface area contributed by atoms with Crippen molar-refractivity contribution in [1.29, 1.82) is 0 Å². The van der Waals surface area contributed by atoms with Gasteiger partial charge in [0.15, 0.2) is 0 Å². The SMILES string of the molecule is c1ccc2cc3c4c(ccc3cc2c1)Nc1ccc2cc3ccccc3cc2c1S4. The van der Waals surface area contributed by atoms with Crippen molar-refractivity contribution in [3.05, 3.63) is 97.1 Å². The monoisotopic (exact) mass is 399 g/mol. The second-order valence-corrected chi connectivity index (χ2v) is 8.97. The van der Waals surface area contributed by atoms with Gasteiger partial charge in [0.25, 0.3) is 0 Å². The van der Waals surface area contributed by atoms with Crippen molar-refractivity contribution >= 4 is 66.2 Å². The Bertz CT molecular complexity index is 1530. The summed E-state index contributed by atoms with van der Waals surface area (Å²) in [6, 6.07) is 35.4. The summed E-state index contributed by atoms with van der Waals surface area (Å²) < 4.78 is 0. The number of benzene rings is 6. The lowest BCUT2D eigenvalue weighted by molar-refractivity contribution is 1.38. The molecule has 140 valence electrons. The molecule has 7 rings (SSSR count). The van der Waals surface area contributed by atoms with Crippen LogP contribution in [0.5, 0.6) is 0 Å². The molecule has 1 aliphatic rings. The fourth-order valence-electron chi connectivity index (χ4n) is 4.64. The van der Waals surface area contributed by atoms with Gasteiger partial charge in [0, 0.05) is 9.79 Å². The summed E-state index contributed by atoms with van der Waals surface area (Å²) in [4.78, 5) is 2.62. The predicted octanol–water partition coefficient (Wildman–Crippen LogP) is 8.51. The Morgan fingerprint density at radius 3 is 1.33 bits per heavy atom. The van der Waals surface area contributed by atoms with Gasteiger partial charge in [-0.25, -0.2) is 0 Å². The van der Waals surface area contributed by atoms with Gasteiger partial charge in [0.05, 0.1) is 11.4 Å². The smallest absolute Gasteiger partial charge is 0.0532 e. The Kier molecular flexibility index (Phi) is 3.27. The highest BCUT2D eigenvalue weighted by Gasteiger charge is 2.20. The second kappa shape index (κ2) is 6.01. The maximum absolute atomic E-state index is 3.70. The van der Waals surface area contributed by atoms with Gasteiger partial charge in [-0.1, -0.05) is 72.4 Å². The van der Waals surface area contributed by atoms with Gasteiger partial charge in [0.2, 0.25) is 0 Å². The van der Waals surface area contributed by atoms with E-state index in [1.54, 1.807) is 0 Å². The highest BCUT2D eigenvalue weighted by Crippen LogP contribution is 2.50.